The number of aryl methyl sites for hydroxylation is 1. The molecule has 7 heteroatoms. The van der Waals surface area contributed by atoms with E-state index in [0.29, 0.717) is 22.6 Å². The first-order valence-corrected chi connectivity index (χ1v) is 11.3. The number of hydrogen-bond donors (Lipinski definition) is 1. The second kappa shape index (κ2) is 10.8. The Morgan fingerprint density at radius 1 is 0.971 bits per heavy atom. The number of esters is 1. The van der Waals surface area contributed by atoms with Crippen LogP contribution < -0.4 is 14.9 Å². The normalized spacial score (nSPS) is 10.9. The van der Waals surface area contributed by atoms with Crippen molar-refractivity contribution in [1.82, 2.24) is 5.43 Å². The molecule has 0 atom stereocenters. The van der Waals surface area contributed by atoms with E-state index in [4.69, 9.17) is 9.47 Å². The van der Waals surface area contributed by atoms with Gasteiger partial charge in [-0.2, -0.15) is 5.10 Å². The van der Waals surface area contributed by atoms with E-state index in [1.54, 1.807) is 36.4 Å². The summed E-state index contributed by atoms with van der Waals surface area (Å²) >= 11 is 3.35. The van der Waals surface area contributed by atoms with Gasteiger partial charge in [0, 0.05) is 10.0 Å². The van der Waals surface area contributed by atoms with Gasteiger partial charge in [-0.05, 0) is 60.2 Å². The molecule has 4 aromatic rings. The molecular weight excluding hydrogens is 496 g/mol. The molecule has 1 amide bonds. The van der Waals surface area contributed by atoms with Crippen molar-refractivity contribution in [2.24, 2.45) is 5.10 Å². The van der Waals surface area contributed by atoms with Gasteiger partial charge in [0.25, 0.3) is 5.91 Å². The van der Waals surface area contributed by atoms with Crippen molar-refractivity contribution >= 4 is 44.8 Å². The maximum absolute atomic E-state index is 12.7. The fraction of sp³-hybridized carbons (Fsp3) is 0.0741. The van der Waals surface area contributed by atoms with Crippen molar-refractivity contribution < 1.29 is 19.1 Å². The van der Waals surface area contributed by atoms with Crippen LogP contribution in [0.3, 0.4) is 0 Å². The number of hydrazone groups is 1. The van der Waals surface area contributed by atoms with E-state index in [2.05, 4.69) is 26.5 Å². The quantitative estimate of drug-likeness (QED) is 0.149. The lowest BCUT2D eigenvalue weighted by Gasteiger charge is -2.11. The van der Waals surface area contributed by atoms with Crippen molar-refractivity contribution in [2.75, 3.05) is 6.61 Å². The minimum atomic E-state index is -0.472. The van der Waals surface area contributed by atoms with Crippen molar-refractivity contribution in [3.05, 3.63) is 106 Å². The predicted molar refractivity (Wildman–Crippen MR) is 135 cm³/mol. The van der Waals surface area contributed by atoms with Crippen molar-refractivity contribution in [2.45, 2.75) is 6.92 Å². The number of nitrogens with zero attached hydrogens (tertiary/aromatic N) is 1. The van der Waals surface area contributed by atoms with E-state index in [1.165, 1.54) is 6.21 Å². The van der Waals surface area contributed by atoms with Gasteiger partial charge in [-0.3, -0.25) is 4.79 Å². The monoisotopic (exact) mass is 516 g/mol. The Morgan fingerprint density at radius 2 is 1.76 bits per heavy atom. The first kappa shape index (κ1) is 23.2. The van der Waals surface area contributed by atoms with Crippen LogP contribution in [0.2, 0.25) is 0 Å². The van der Waals surface area contributed by atoms with E-state index >= 15 is 0 Å². The summed E-state index contributed by atoms with van der Waals surface area (Å²) < 4.78 is 12.1. The number of ether oxygens (including phenoxy) is 2. The lowest BCUT2D eigenvalue weighted by molar-refractivity contribution is -0.123. The molecule has 34 heavy (non-hydrogen) atoms. The molecule has 0 saturated heterocycles. The summed E-state index contributed by atoms with van der Waals surface area (Å²) in [5, 5.41) is 5.85. The Balaban J connectivity index is 1.50. The van der Waals surface area contributed by atoms with Crippen LogP contribution in [0.4, 0.5) is 0 Å². The van der Waals surface area contributed by atoms with Gasteiger partial charge in [-0.25, -0.2) is 10.2 Å². The van der Waals surface area contributed by atoms with Crippen molar-refractivity contribution in [1.29, 1.82) is 0 Å². The summed E-state index contributed by atoms with van der Waals surface area (Å²) in [6.07, 6.45) is 1.47. The number of amides is 1. The molecule has 0 heterocycles. The summed E-state index contributed by atoms with van der Waals surface area (Å²) in [4.78, 5) is 24.9. The number of carbonyl (C=O) groups excluding carboxylic acids is 2. The minimum Gasteiger partial charge on any atom is -0.484 e. The van der Waals surface area contributed by atoms with Gasteiger partial charge < -0.3 is 9.47 Å². The number of hydrogen-bond acceptors (Lipinski definition) is 5. The fourth-order valence-electron chi connectivity index (χ4n) is 3.31. The second-order valence-electron chi connectivity index (χ2n) is 7.49. The largest absolute Gasteiger partial charge is 0.484 e. The number of fused-ring (bicyclic) bond motifs is 1. The van der Waals surface area contributed by atoms with E-state index in [-0.39, 0.29) is 6.61 Å². The maximum Gasteiger partial charge on any atom is 0.343 e. The number of rotatable bonds is 7. The summed E-state index contributed by atoms with van der Waals surface area (Å²) in [5.41, 5.74) is 4.44. The van der Waals surface area contributed by atoms with Crippen LogP contribution in [-0.4, -0.2) is 24.7 Å². The molecule has 4 aromatic carbocycles. The van der Waals surface area contributed by atoms with E-state index in [9.17, 15) is 9.59 Å². The summed E-state index contributed by atoms with van der Waals surface area (Å²) in [7, 11) is 0. The molecule has 170 valence electrons. The SMILES string of the molecule is Cc1cccc(C(=O)Oc2ccc3ccccc3c2/C=N/NC(=O)COc2ccc(Br)cc2)c1. The zero-order valence-corrected chi connectivity index (χ0v) is 19.9. The molecule has 0 aliphatic carbocycles. The maximum atomic E-state index is 12.7. The molecular formula is C27H21BrN2O4. The highest BCUT2D eigenvalue weighted by atomic mass is 79.9. The zero-order chi connectivity index (χ0) is 23.9. The summed E-state index contributed by atoms with van der Waals surface area (Å²) in [6.45, 7) is 1.72. The topological polar surface area (TPSA) is 77.0 Å². The third-order valence-corrected chi connectivity index (χ3v) is 5.48. The smallest absolute Gasteiger partial charge is 0.343 e. The highest BCUT2D eigenvalue weighted by molar-refractivity contribution is 9.10. The van der Waals surface area contributed by atoms with Gasteiger partial charge in [-0.1, -0.05) is 64.0 Å². The van der Waals surface area contributed by atoms with E-state index < -0.39 is 11.9 Å². The number of benzene rings is 4. The van der Waals surface area contributed by atoms with Gasteiger partial charge in [-0.15, -0.1) is 0 Å². The highest BCUT2D eigenvalue weighted by Gasteiger charge is 2.14. The van der Waals surface area contributed by atoms with Gasteiger partial charge in [0.15, 0.2) is 6.61 Å². The lowest BCUT2D eigenvalue weighted by Crippen LogP contribution is -2.24. The van der Waals surface area contributed by atoms with Crippen molar-refractivity contribution in [3.8, 4) is 11.5 Å². The average Bonchev–Trinajstić information content (AvgIpc) is 2.84. The Morgan fingerprint density at radius 3 is 2.56 bits per heavy atom. The third-order valence-electron chi connectivity index (χ3n) is 4.95. The van der Waals surface area contributed by atoms with Crippen LogP contribution in [0.25, 0.3) is 10.8 Å². The first-order valence-electron chi connectivity index (χ1n) is 10.5. The second-order valence-corrected chi connectivity index (χ2v) is 8.41. The molecule has 1 N–H and O–H groups in total. The molecule has 4 rings (SSSR count). The van der Waals surface area contributed by atoms with Gasteiger partial charge >= 0.3 is 5.97 Å². The Hall–Kier alpha value is -3.97. The van der Waals surface area contributed by atoms with Crippen LogP contribution in [0.5, 0.6) is 11.5 Å². The predicted octanol–water partition coefficient (Wildman–Crippen LogP) is 5.66. The molecule has 0 aliphatic rings. The van der Waals surface area contributed by atoms with Crippen molar-refractivity contribution in [3.63, 3.8) is 0 Å². The van der Waals surface area contributed by atoms with Crippen LogP contribution >= 0.6 is 15.9 Å². The minimum absolute atomic E-state index is 0.191. The first-order chi connectivity index (χ1) is 16.5. The van der Waals surface area contributed by atoms with Gasteiger partial charge in [0.2, 0.25) is 0 Å². The Bertz CT molecular complexity index is 1370. The molecule has 0 radical (unpaired) electrons. The summed E-state index contributed by atoms with van der Waals surface area (Å²) in [6, 6.07) is 25.6. The number of halogens is 1. The van der Waals surface area contributed by atoms with E-state index in [1.807, 2.05) is 55.5 Å². The number of carbonyl (C=O) groups is 2. The molecule has 0 aliphatic heterocycles. The van der Waals surface area contributed by atoms with E-state index in [0.717, 1.165) is 20.8 Å². The Kier molecular flexibility index (Phi) is 7.34. The average molecular weight is 517 g/mol. The van der Waals surface area contributed by atoms with Gasteiger partial charge in [0.05, 0.1) is 11.8 Å². The highest BCUT2D eigenvalue weighted by Crippen LogP contribution is 2.27. The molecule has 0 bridgehead atoms. The van der Waals surface area contributed by atoms with Crippen LogP contribution in [-0.2, 0) is 4.79 Å². The molecule has 0 unspecified atom stereocenters. The fourth-order valence-corrected chi connectivity index (χ4v) is 3.57. The molecule has 0 aromatic heterocycles. The molecule has 0 spiro atoms. The lowest BCUT2D eigenvalue weighted by atomic mass is 10.0. The standard InChI is InChI=1S/C27H21BrN2O4/c1-18-5-4-7-20(15-18)27(32)34-25-14-9-19-6-2-3-8-23(19)24(25)16-29-30-26(31)17-33-22-12-10-21(28)11-13-22/h2-16H,17H2,1H3,(H,30,31)/b29-16+. The third kappa shape index (κ3) is 5.88. The number of nitrogens with one attached hydrogen (secondary N) is 1. The van der Waals surface area contributed by atoms with Crippen LogP contribution in [0.15, 0.2) is 94.5 Å². The molecule has 0 saturated carbocycles. The van der Waals surface area contributed by atoms with Crippen LogP contribution in [0, 0.1) is 6.92 Å². The zero-order valence-electron chi connectivity index (χ0n) is 18.3. The summed E-state index contributed by atoms with van der Waals surface area (Å²) in [5.74, 6) is 0.0225. The van der Waals surface area contributed by atoms with Crippen LogP contribution in [0.1, 0.15) is 21.5 Å². The van der Waals surface area contributed by atoms with Gasteiger partial charge in [0.1, 0.15) is 11.5 Å². The molecule has 0 fully saturated rings. The Labute approximate surface area is 205 Å². The molecule has 6 nitrogen and oxygen atoms in total.